The Bertz CT molecular complexity index is 234. The minimum atomic E-state index is 0.550. The van der Waals surface area contributed by atoms with Crippen LogP contribution >= 0.6 is 0 Å². The molecule has 0 spiro atoms. The minimum Gasteiger partial charge on any atom is -0.378 e. The van der Waals surface area contributed by atoms with Gasteiger partial charge in [0.25, 0.3) is 0 Å². The van der Waals surface area contributed by atoms with Crippen LogP contribution in [0.15, 0.2) is 0 Å². The molecule has 1 heterocycles. The fraction of sp³-hybridized carbons (Fsp3) is 1.00. The predicted octanol–water partition coefficient (Wildman–Crippen LogP) is 4.26. The summed E-state index contributed by atoms with van der Waals surface area (Å²) in [7, 11) is 0. The van der Waals surface area contributed by atoms with Crippen molar-refractivity contribution in [3.05, 3.63) is 0 Å². The van der Waals surface area contributed by atoms with E-state index in [1.807, 2.05) is 0 Å². The lowest BCUT2D eigenvalue weighted by molar-refractivity contribution is -0.0147. The maximum absolute atomic E-state index is 6.00. The average Bonchev–Trinajstić information content (AvgIpc) is 2.61. The molecule has 94 valence electrons. The molecular weight excluding hydrogens is 196 g/mol. The van der Waals surface area contributed by atoms with Gasteiger partial charge >= 0.3 is 0 Å². The van der Waals surface area contributed by atoms with Crippen molar-refractivity contribution in [2.45, 2.75) is 65.9 Å². The molecule has 0 amide bonds. The van der Waals surface area contributed by atoms with Gasteiger partial charge in [0.1, 0.15) is 0 Å². The molecule has 1 saturated heterocycles. The first-order chi connectivity index (χ1) is 7.60. The van der Waals surface area contributed by atoms with E-state index in [4.69, 9.17) is 4.74 Å². The molecule has 1 aliphatic carbocycles. The predicted molar refractivity (Wildman–Crippen MR) is 68.4 cm³/mol. The van der Waals surface area contributed by atoms with E-state index >= 15 is 0 Å². The van der Waals surface area contributed by atoms with Crippen molar-refractivity contribution in [3.63, 3.8) is 0 Å². The average molecular weight is 224 g/mol. The smallest absolute Gasteiger partial charge is 0.0612 e. The molecule has 3 unspecified atom stereocenters. The summed E-state index contributed by atoms with van der Waals surface area (Å²) in [4.78, 5) is 0. The minimum absolute atomic E-state index is 0.550. The lowest BCUT2D eigenvalue weighted by atomic mass is 9.61. The van der Waals surface area contributed by atoms with Gasteiger partial charge in [-0.3, -0.25) is 0 Å². The van der Waals surface area contributed by atoms with Crippen molar-refractivity contribution in [1.29, 1.82) is 0 Å². The van der Waals surface area contributed by atoms with Crippen LogP contribution in [0.25, 0.3) is 0 Å². The zero-order valence-corrected chi connectivity index (χ0v) is 11.5. The van der Waals surface area contributed by atoms with Crippen LogP contribution in [0.5, 0.6) is 0 Å². The van der Waals surface area contributed by atoms with Gasteiger partial charge in [-0.05, 0) is 42.4 Å². The van der Waals surface area contributed by atoms with E-state index in [2.05, 4.69) is 27.7 Å². The third kappa shape index (κ3) is 2.03. The summed E-state index contributed by atoms with van der Waals surface area (Å²) in [5, 5.41) is 0. The number of hydrogen-bond acceptors (Lipinski definition) is 1. The summed E-state index contributed by atoms with van der Waals surface area (Å²) < 4.78 is 6.00. The summed E-state index contributed by atoms with van der Waals surface area (Å²) in [5.74, 6) is 2.56. The molecule has 2 aliphatic rings. The number of rotatable bonds is 3. The van der Waals surface area contributed by atoms with Crippen molar-refractivity contribution >= 4 is 0 Å². The van der Waals surface area contributed by atoms with Gasteiger partial charge in [-0.1, -0.05) is 40.5 Å². The Morgan fingerprint density at radius 1 is 1.31 bits per heavy atom. The largest absolute Gasteiger partial charge is 0.378 e. The molecular formula is C15H28O. The van der Waals surface area contributed by atoms with Gasteiger partial charge in [0.05, 0.1) is 6.10 Å². The summed E-state index contributed by atoms with van der Waals surface area (Å²) in [5.41, 5.74) is 0.550. The summed E-state index contributed by atoms with van der Waals surface area (Å²) in [6.45, 7) is 10.6. The van der Waals surface area contributed by atoms with Gasteiger partial charge < -0.3 is 4.74 Å². The van der Waals surface area contributed by atoms with Crippen molar-refractivity contribution in [3.8, 4) is 0 Å². The fourth-order valence-electron chi connectivity index (χ4n) is 4.27. The highest BCUT2D eigenvalue weighted by Gasteiger charge is 2.46. The van der Waals surface area contributed by atoms with Crippen LogP contribution in [-0.4, -0.2) is 12.7 Å². The van der Waals surface area contributed by atoms with E-state index in [-0.39, 0.29) is 0 Å². The molecule has 2 rings (SSSR count). The molecule has 2 fully saturated rings. The second kappa shape index (κ2) is 4.68. The van der Waals surface area contributed by atoms with Crippen molar-refractivity contribution < 1.29 is 4.74 Å². The molecule has 16 heavy (non-hydrogen) atoms. The maximum Gasteiger partial charge on any atom is 0.0612 e. The van der Waals surface area contributed by atoms with Crippen LogP contribution < -0.4 is 0 Å². The molecule has 0 bridgehead atoms. The van der Waals surface area contributed by atoms with Crippen LogP contribution in [0.2, 0.25) is 0 Å². The molecule has 0 N–H and O–H groups in total. The molecule has 1 heteroatoms. The Morgan fingerprint density at radius 3 is 2.62 bits per heavy atom. The Kier molecular flexibility index (Phi) is 3.63. The summed E-state index contributed by atoms with van der Waals surface area (Å²) >= 11 is 0. The van der Waals surface area contributed by atoms with Crippen LogP contribution in [0.3, 0.4) is 0 Å². The van der Waals surface area contributed by atoms with E-state index in [1.165, 1.54) is 32.1 Å². The van der Waals surface area contributed by atoms with Crippen molar-refractivity contribution in [2.75, 3.05) is 6.61 Å². The van der Waals surface area contributed by atoms with Gasteiger partial charge in [-0.25, -0.2) is 0 Å². The van der Waals surface area contributed by atoms with Crippen LogP contribution in [0, 0.1) is 23.2 Å². The van der Waals surface area contributed by atoms with Gasteiger partial charge in [0, 0.05) is 6.61 Å². The number of ether oxygens (including phenoxy) is 1. The van der Waals surface area contributed by atoms with E-state index in [1.54, 1.807) is 0 Å². The zero-order valence-electron chi connectivity index (χ0n) is 11.5. The third-order valence-electron chi connectivity index (χ3n) is 5.47. The quantitative estimate of drug-likeness (QED) is 0.696. The number of fused-ring (bicyclic) bond motifs is 1. The molecule has 4 atom stereocenters. The molecule has 0 aromatic rings. The fourth-order valence-corrected chi connectivity index (χ4v) is 4.27. The summed E-state index contributed by atoms with van der Waals surface area (Å²) in [6.07, 6.45) is 7.38. The molecule has 1 saturated carbocycles. The molecule has 0 radical (unpaired) electrons. The van der Waals surface area contributed by atoms with Gasteiger partial charge in [0.15, 0.2) is 0 Å². The second-order valence-electron chi connectivity index (χ2n) is 6.42. The Balaban J connectivity index is 2.05. The van der Waals surface area contributed by atoms with Crippen molar-refractivity contribution in [2.24, 2.45) is 23.2 Å². The third-order valence-corrected chi connectivity index (χ3v) is 5.47. The first-order valence-electron chi connectivity index (χ1n) is 7.22. The highest BCUT2D eigenvalue weighted by Crippen LogP contribution is 2.50. The first kappa shape index (κ1) is 12.4. The monoisotopic (exact) mass is 224 g/mol. The molecule has 1 nitrogen and oxygen atoms in total. The van der Waals surface area contributed by atoms with Crippen LogP contribution in [-0.2, 0) is 4.74 Å². The SMILES string of the molecule is CCC(CC)C1(C)CCC2C(C1)OC[C@@H]2C. The van der Waals surface area contributed by atoms with Crippen molar-refractivity contribution in [1.82, 2.24) is 0 Å². The summed E-state index contributed by atoms with van der Waals surface area (Å²) in [6, 6.07) is 0. The van der Waals surface area contributed by atoms with E-state index in [9.17, 15) is 0 Å². The highest BCUT2D eigenvalue weighted by atomic mass is 16.5. The van der Waals surface area contributed by atoms with Gasteiger partial charge in [-0.15, -0.1) is 0 Å². The second-order valence-corrected chi connectivity index (χ2v) is 6.42. The maximum atomic E-state index is 6.00. The molecule has 1 aliphatic heterocycles. The Hall–Kier alpha value is -0.0400. The van der Waals surface area contributed by atoms with E-state index in [0.717, 1.165) is 24.4 Å². The lowest BCUT2D eigenvalue weighted by Crippen LogP contribution is -2.39. The number of hydrogen-bond donors (Lipinski definition) is 0. The van der Waals surface area contributed by atoms with E-state index in [0.29, 0.717) is 11.5 Å². The van der Waals surface area contributed by atoms with E-state index < -0.39 is 0 Å². The molecule has 0 aromatic heterocycles. The normalized spacial score (nSPS) is 43.7. The van der Waals surface area contributed by atoms with Crippen LogP contribution in [0.1, 0.15) is 59.8 Å². The first-order valence-corrected chi connectivity index (χ1v) is 7.22. The Labute approximate surface area is 101 Å². The zero-order chi connectivity index (χ0) is 11.8. The van der Waals surface area contributed by atoms with Gasteiger partial charge in [-0.2, -0.15) is 0 Å². The molecule has 0 aromatic carbocycles. The Morgan fingerprint density at radius 2 is 2.00 bits per heavy atom. The highest BCUT2D eigenvalue weighted by molar-refractivity contribution is 4.95. The van der Waals surface area contributed by atoms with Gasteiger partial charge in [0.2, 0.25) is 0 Å². The van der Waals surface area contributed by atoms with Crippen LogP contribution in [0.4, 0.5) is 0 Å². The standard InChI is InChI=1S/C15H28O/c1-5-12(6-2)15(4)8-7-13-11(3)10-16-14(13)9-15/h11-14H,5-10H2,1-4H3/t11-,13?,14?,15?/m0/s1. The lowest BCUT2D eigenvalue weighted by Gasteiger charge is -2.45. The topological polar surface area (TPSA) is 9.23 Å².